The van der Waals surface area contributed by atoms with Gasteiger partial charge in [-0.05, 0) is 44.2 Å². The Morgan fingerprint density at radius 2 is 1.85 bits per heavy atom. The van der Waals surface area contributed by atoms with Crippen LogP contribution in [0.4, 0.5) is 8.78 Å². The van der Waals surface area contributed by atoms with Gasteiger partial charge in [-0.3, -0.25) is 0 Å². The molecule has 0 aliphatic carbocycles. The summed E-state index contributed by atoms with van der Waals surface area (Å²) in [5, 5.41) is 3.00. The largest absolute Gasteiger partial charge is 0.309 e. The molecule has 0 heterocycles. The average Bonchev–Trinajstić information content (AvgIpc) is 2.37. The van der Waals surface area contributed by atoms with E-state index in [2.05, 4.69) is 5.32 Å². The van der Waals surface area contributed by atoms with Gasteiger partial charge < -0.3 is 5.32 Å². The van der Waals surface area contributed by atoms with Gasteiger partial charge in [-0.25, -0.2) is 8.78 Å². The summed E-state index contributed by atoms with van der Waals surface area (Å²) in [5.74, 6) is -0.867. The quantitative estimate of drug-likeness (QED) is 0.876. The minimum Gasteiger partial charge on any atom is -0.309 e. The van der Waals surface area contributed by atoms with Crippen molar-refractivity contribution in [2.75, 3.05) is 7.05 Å². The minimum absolute atomic E-state index is 0.0351. The monoisotopic (exact) mass is 295 g/mol. The third-order valence-electron chi connectivity index (χ3n) is 3.35. The maximum Gasteiger partial charge on any atom is 0.146 e. The summed E-state index contributed by atoms with van der Waals surface area (Å²) in [6, 6.07) is 7.51. The predicted octanol–water partition coefficient (Wildman–Crippen LogP) is 4.54. The molecule has 0 aromatic heterocycles. The van der Waals surface area contributed by atoms with Crippen LogP contribution in [0.1, 0.15) is 28.3 Å². The summed E-state index contributed by atoms with van der Waals surface area (Å²) < 4.78 is 28.4. The first-order valence-corrected chi connectivity index (χ1v) is 6.71. The van der Waals surface area contributed by atoms with Gasteiger partial charge in [-0.2, -0.15) is 0 Å². The first kappa shape index (κ1) is 14.9. The molecule has 0 aliphatic heterocycles. The number of hydrogen-bond acceptors (Lipinski definition) is 1. The van der Waals surface area contributed by atoms with E-state index in [1.54, 1.807) is 19.2 Å². The van der Waals surface area contributed by atoms with Crippen molar-refractivity contribution in [2.24, 2.45) is 0 Å². The molecule has 1 N–H and O–H groups in total. The molecule has 4 heteroatoms. The van der Waals surface area contributed by atoms with Crippen LogP contribution < -0.4 is 5.32 Å². The van der Waals surface area contributed by atoms with E-state index >= 15 is 0 Å². The zero-order chi connectivity index (χ0) is 14.9. The molecule has 0 spiro atoms. The van der Waals surface area contributed by atoms with Gasteiger partial charge in [0.2, 0.25) is 0 Å². The Morgan fingerprint density at radius 1 is 1.15 bits per heavy atom. The van der Waals surface area contributed by atoms with E-state index in [0.29, 0.717) is 11.1 Å². The Labute approximate surface area is 122 Å². The fraction of sp³-hybridized carbons (Fsp3) is 0.250. The molecule has 0 aliphatic rings. The first-order chi connectivity index (χ1) is 9.45. The van der Waals surface area contributed by atoms with Gasteiger partial charge in [0.15, 0.2) is 0 Å². The van der Waals surface area contributed by atoms with Crippen LogP contribution in [0.5, 0.6) is 0 Å². The number of benzene rings is 2. The van der Waals surface area contributed by atoms with Gasteiger partial charge in [-0.15, -0.1) is 0 Å². The highest BCUT2D eigenvalue weighted by atomic mass is 35.5. The molecule has 1 atom stereocenters. The molecule has 20 heavy (non-hydrogen) atoms. The van der Waals surface area contributed by atoms with Crippen LogP contribution in [-0.2, 0) is 0 Å². The molecule has 0 amide bonds. The molecule has 106 valence electrons. The molecule has 0 saturated carbocycles. The topological polar surface area (TPSA) is 12.0 Å². The summed E-state index contributed by atoms with van der Waals surface area (Å²) in [5.41, 5.74) is 2.40. The lowest BCUT2D eigenvalue weighted by Crippen LogP contribution is -2.21. The van der Waals surface area contributed by atoms with Crippen molar-refractivity contribution in [3.05, 3.63) is 69.2 Å². The minimum atomic E-state index is -0.575. The molecular formula is C16H16ClF2N. The zero-order valence-electron chi connectivity index (χ0n) is 11.6. The normalized spacial score (nSPS) is 12.5. The Balaban J connectivity index is 2.62. The van der Waals surface area contributed by atoms with Gasteiger partial charge in [-0.1, -0.05) is 29.8 Å². The summed E-state index contributed by atoms with van der Waals surface area (Å²) in [4.78, 5) is 0. The SMILES string of the molecule is CNC(c1cccc(Cl)c1F)c1c(C)cc(C)cc1F. The molecule has 0 fully saturated rings. The number of nitrogens with one attached hydrogen (secondary N) is 1. The van der Waals surface area contributed by atoms with E-state index in [1.807, 2.05) is 19.9 Å². The van der Waals surface area contributed by atoms with Crippen LogP contribution in [0.3, 0.4) is 0 Å². The molecular weight excluding hydrogens is 280 g/mol. The Morgan fingerprint density at radius 3 is 2.45 bits per heavy atom. The molecule has 0 bridgehead atoms. The van der Waals surface area contributed by atoms with Gasteiger partial charge in [0.05, 0.1) is 11.1 Å². The van der Waals surface area contributed by atoms with E-state index in [0.717, 1.165) is 11.1 Å². The van der Waals surface area contributed by atoms with Crippen molar-refractivity contribution >= 4 is 11.6 Å². The van der Waals surface area contributed by atoms with Crippen LogP contribution in [0.15, 0.2) is 30.3 Å². The molecule has 2 rings (SSSR count). The van der Waals surface area contributed by atoms with Gasteiger partial charge in [0.25, 0.3) is 0 Å². The molecule has 2 aromatic rings. The van der Waals surface area contributed by atoms with Crippen LogP contribution in [0, 0.1) is 25.5 Å². The predicted molar refractivity (Wildman–Crippen MR) is 78.2 cm³/mol. The molecule has 2 aromatic carbocycles. The number of aryl methyl sites for hydroxylation is 2. The van der Waals surface area contributed by atoms with Gasteiger partial charge in [0.1, 0.15) is 11.6 Å². The van der Waals surface area contributed by atoms with Crippen molar-refractivity contribution in [3.8, 4) is 0 Å². The highest BCUT2D eigenvalue weighted by Gasteiger charge is 2.22. The second-order valence-electron chi connectivity index (χ2n) is 4.84. The molecule has 0 saturated heterocycles. The number of hydrogen-bond donors (Lipinski definition) is 1. The summed E-state index contributed by atoms with van der Waals surface area (Å²) in [6.07, 6.45) is 0. The van der Waals surface area contributed by atoms with Gasteiger partial charge in [0, 0.05) is 11.1 Å². The van der Waals surface area contributed by atoms with E-state index in [9.17, 15) is 8.78 Å². The third-order valence-corrected chi connectivity index (χ3v) is 3.64. The fourth-order valence-electron chi connectivity index (χ4n) is 2.49. The van der Waals surface area contributed by atoms with E-state index in [4.69, 9.17) is 11.6 Å². The van der Waals surface area contributed by atoms with Crippen molar-refractivity contribution in [3.63, 3.8) is 0 Å². The lowest BCUT2D eigenvalue weighted by molar-refractivity contribution is 0.544. The summed E-state index contributed by atoms with van der Waals surface area (Å²) >= 11 is 5.81. The van der Waals surface area contributed by atoms with Crippen LogP contribution in [-0.4, -0.2) is 7.05 Å². The Hall–Kier alpha value is -1.45. The van der Waals surface area contributed by atoms with Crippen LogP contribution in [0.25, 0.3) is 0 Å². The lowest BCUT2D eigenvalue weighted by atomic mass is 9.93. The summed E-state index contributed by atoms with van der Waals surface area (Å²) in [7, 11) is 1.67. The van der Waals surface area contributed by atoms with E-state index in [1.165, 1.54) is 12.1 Å². The fourth-order valence-corrected chi connectivity index (χ4v) is 2.67. The number of rotatable bonds is 3. The maximum absolute atomic E-state index is 14.3. The third kappa shape index (κ3) is 2.69. The second kappa shape index (κ2) is 5.90. The van der Waals surface area contributed by atoms with Crippen LogP contribution >= 0.6 is 11.6 Å². The maximum atomic E-state index is 14.3. The standard InChI is InChI=1S/C16H16ClF2N/c1-9-7-10(2)14(13(18)8-9)16(20-3)11-5-4-6-12(17)15(11)19/h4-8,16,20H,1-3H3. The second-order valence-corrected chi connectivity index (χ2v) is 5.25. The Kier molecular flexibility index (Phi) is 4.41. The smallest absolute Gasteiger partial charge is 0.146 e. The van der Waals surface area contributed by atoms with Crippen molar-refractivity contribution in [1.29, 1.82) is 0 Å². The van der Waals surface area contributed by atoms with Crippen molar-refractivity contribution in [2.45, 2.75) is 19.9 Å². The van der Waals surface area contributed by atoms with Crippen molar-refractivity contribution in [1.82, 2.24) is 5.32 Å². The van der Waals surface area contributed by atoms with Crippen molar-refractivity contribution < 1.29 is 8.78 Å². The van der Waals surface area contributed by atoms with E-state index in [-0.39, 0.29) is 10.8 Å². The molecule has 0 radical (unpaired) electrons. The first-order valence-electron chi connectivity index (χ1n) is 6.33. The highest BCUT2D eigenvalue weighted by Crippen LogP contribution is 2.31. The van der Waals surface area contributed by atoms with Gasteiger partial charge >= 0.3 is 0 Å². The van der Waals surface area contributed by atoms with Crippen LogP contribution in [0.2, 0.25) is 5.02 Å². The molecule has 1 unspecified atom stereocenters. The highest BCUT2D eigenvalue weighted by molar-refractivity contribution is 6.30. The number of halogens is 3. The average molecular weight is 296 g/mol. The van der Waals surface area contributed by atoms with E-state index < -0.39 is 11.9 Å². The summed E-state index contributed by atoms with van der Waals surface area (Å²) in [6.45, 7) is 3.65. The Bertz CT molecular complexity index is 617. The zero-order valence-corrected chi connectivity index (χ0v) is 12.4. The lowest BCUT2D eigenvalue weighted by Gasteiger charge is -2.21. The molecule has 1 nitrogen and oxygen atoms in total.